The summed E-state index contributed by atoms with van der Waals surface area (Å²) in [7, 11) is -2.36. The summed E-state index contributed by atoms with van der Waals surface area (Å²) in [6.07, 6.45) is 5.33. The minimum Gasteiger partial charge on any atom is -0.207 e. The van der Waals surface area contributed by atoms with Crippen molar-refractivity contribution < 1.29 is 8.42 Å². The highest BCUT2D eigenvalue weighted by molar-refractivity contribution is 7.89. The molecule has 0 aromatic heterocycles. The second-order valence-corrected chi connectivity index (χ2v) is 6.81. The molecule has 0 bridgehead atoms. The van der Waals surface area contributed by atoms with Crippen molar-refractivity contribution in [3.63, 3.8) is 0 Å². The van der Waals surface area contributed by atoms with E-state index in [1.807, 2.05) is 6.07 Å². The van der Waals surface area contributed by atoms with Crippen LogP contribution in [0.5, 0.6) is 0 Å². The Labute approximate surface area is 118 Å². The first-order valence-corrected chi connectivity index (χ1v) is 7.15. The highest BCUT2D eigenvalue weighted by Gasteiger charge is 2.32. The fourth-order valence-electron chi connectivity index (χ4n) is 1.30. The van der Waals surface area contributed by atoms with Gasteiger partial charge in [-0.1, -0.05) is 17.5 Å². The van der Waals surface area contributed by atoms with Crippen LogP contribution in [0.15, 0.2) is 23.1 Å². The molecule has 0 aliphatic rings. The molecule has 0 aliphatic heterocycles. The minimum atomic E-state index is -3.76. The molecule has 1 rings (SSSR count). The Hall–Kier alpha value is -1.53. The zero-order chi connectivity index (χ0) is 14.8. The van der Waals surface area contributed by atoms with Crippen LogP contribution in [0.4, 0.5) is 0 Å². The summed E-state index contributed by atoms with van der Waals surface area (Å²) in [6, 6.07) is 5.82. The number of sulfonamides is 1. The van der Waals surface area contributed by atoms with Crippen molar-refractivity contribution in [2.45, 2.75) is 24.3 Å². The molecule has 0 spiro atoms. The van der Waals surface area contributed by atoms with Gasteiger partial charge in [-0.15, -0.1) is 6.42 Å². The largest absolute Gasteiger partial charge is 0.244 e. The number of terminal acetylenes is 1. The highest BCUT2D eigenvalue weighted by Crippen LogP contribution is 2.26. The molecule has 1 aromatic carbocycles. The van der Waals surface area contributed by atoms with E-state index in [2.05, 4.69) is 5.92 Å². The van der Waals surface area contributed by atoms with Crippen LogP contribution in [0.3, 0.4) is 0 Å². The van der Waals surface area contributed by atoms with Crippen molar-refractivity contribution >= 4 is 21.6 Å². The van der Waals surface area contributed by atoms with Crippen molar-refractivity contribution in [1.82, 2.24) is 4.31 Å². The summed E-state index contributed by atoms with van der Waals surface area (Å²) in [6.45, 7) is 3.24. The van der Waals surface area contributed by atoms with Crippen LogP contribution in [0.25, 0.3) is 0 Å². The molecule has 19 heavy (non-hydrogen) atoms. The molecule has 0 atom stereocenters. The van der Waals surface area contributed by atoms with Gasteiger partial charge in [-0.2, -0.15) is 9.57 Å². The molecule has 1 aromatic rings. The van der Waals surface area contributed by atoms with E-state index in [1.165, 1.54) is 25.2 Å². The molecule has 0 saturated carbocycles. The summed E-state index contributed by atoms with van der Waals surface area (Å²) in [4.78, 5) is 0.00215. The standard InChI is InChI=1S/C13H13ClN2O2S/c1-5-13(2,3)16(4)19(17,18)11-7-6-10(9-15)12(14)8-11/h1,6-8H,2-4H3. The monoisotopic (exact) mass is 296 g/mol. The maximum Gasteiger partial charge on any atom is 0.244 e. The van der Waals surface area contributed by atoms with Crippen LogP contribution in [-0.2, 0) is 10.0 Å². The van der Waals surface area contributed by atoms with Crippen LogP contribution in [-0.4, -0.2) is 25.3 Å². The van der Waals surface area contributed by atoms with E-state index in [9.17, 15) is 8.42 Å². The van der Waals surface area contributed by atoms with Crippen LogP contribution >= 0.6 is 11.6 Å². The lowest BCUT2D eigenvalue weighted by Gasteiger charge is -2.29. The van der Waals surface area contributed by atoms with Gasteiger partial charge in [0.05, 0.1) is 21.0 Å². The number of benzene rings is 1. The molecular weight excluding hydrogens is 284 g/mol. The van der Waals surface area contributed by atoms with Crippen molar-refractivity contribution in [3.05, 3.63) is 28.8 Å². The quantitative estimate of drug-likeness (QED) is 0.804. The maximum absolute atomic E-state index is 12.4. The Morgan fingerprint density at radius 2 is 2.00 bits per heavy atom. The molecule has 0 N–H and O–H groups in total. The topological polar surface area (TPSA) is 61.2 Å². The van der Waals surface area contributed by atoms with E-state index >= 15 is 0 Å². The van der Waals surface area contributed by atoms with Gasteiger partial charge in [0.1, 0.15) is 6.07 Å². The minimum absolute atomic E-state index is 0.00215. The van der Waals surface area contributed by atoms with Crippen LogP contribution in [0.2, 0.25) is 5.02 Å². The fourth-order valence-corrected chi connectivity index (χ4v) is 3.06. The number of nitriles is 1. The number of hydrogen-bond acceptors (Lipinski definition) is 3. The van der Waals surface area contributed by atoms with Gasteiger partial charge in [0.15, 0.2) is 0 Å². The first kappa shape index (κ1) is 15.5. The van der Waals surface area contributed by atoms with Crippen molar-refractivity contribution in [2.75, 3.05) is 7.05 Å². The third-order valence-electron chi connectivity index (χ3n) is 2.86. The Balaban J connectivity index is 3.35. The zero-order valence-electron chi connectivity index (χ0n) is 10.8. The molecule has 0 unspecified atom stereocenters. The van der Waals surface area contributed by atoms with Crippen LogP contribution < -0.4 is 0 Å². The molecule has 0 saturated heterocycles. The highest BCUT2D eigenvalue weighted by atomic mass is 35.5. The van der Waals surface area contributed by atoms with E-state index < -0.39 is 15.6 Å². The summed E-state index contributed by atoms with van der Waals surface area (Å²) < 4.78 is 25.9. The summed E-state index contributed by atoms with van der Waals surface area (Å²) >= 11 is 5.84. The zero-order valence-corrected chi connectivity index (χ0v) is 12.4. The van der Waals surface area contributed by atoms with E-state index in [0.717, 1.165) is 4.31 Å². The summed E-state index contributed by atoms with van der Waals surface area (Å²) in [5, 5.41) is 8.86. The van der Waals surface area contributed by atoms with Gasteiger partial charge < -0.3 is 0 Å². The lowest BCUT2D eigenvalue weighted by Crippen LogP contribution is -2.43. The lowest BCUT2D eigenvalue weighted by atomic mass is 10.1. The summed E-state index contributed by atoms with van der Waals surface area (Å²) in [5.74, 6) is 2.42. The van der Waals surface area contributed by atoms with Gasteiger partial charge in [0, 0.05) is 7.05 Å². The van der Waals surface area contributed by atoms with Gasteiger partial charge in [-0.25, -0.2) is 8.42 Å². The van der Waals surface area contributed by atoms with Crippen molar-refractivity contribution in [2.24, 2.45) is 0 Å². The van der Waals surface area contributed by atoms with Gasteiger partial charge in [0.2, 0.25) is 10.0 Å². The number of hydrogen-bond donors (Lipinski definition) is 0. The van der Waals surface area contributed by atoms with Crippen molar-refractivity contribution in [1.29, 1.82) is 5.26 Å². The molecule has 0 amide bonds. The molecule has 0 fully saturated rings. The number of nitrogens with zero attached hydrogens (tertiary/aromatic N) is 2. The van der Waals surface area contributed by atoms with Crippen LogP contribution in [0.1, 0.15) is 19.4 Å². The molecular formula is C13H13ClN2O2S. The Kier molecular flexibility index (Phi) is 4.27. The van der Waals surface area contributed by atoms with E-state index in [0.29, 0.717) is 0 Å². The second kappa shape index (κ2) is 5.22. The number of rotatable bonds is 3. The van der Waals surface area contributed by atoms with E-state index in [4.69, 9.17) is 23.3 Å². The average Bonchev–Trinajstić information content (AvgIpc) is 2.37. The number of halogens is 1. The Bertz CT molecular complexity index is 682. The molecule has 0 heterocycles. The Morgan fingerprint density at radius 3 is 2.42 bits per heavy atom. The van der Waals surface area contributed by atoms with Gasteiger partial charge in [0.25, 0.3) is 0 Å². The smallest absolute Gasteiger partial charge is 0.207 e. The maximum atomic E-state index is 12.4. The average molecular weight is 297 g/mol. The van der Waals surface area contributed by atoms with Gasteiger partial charge in [-0.05, 0) is 32.0 Å². The third-order valence-corrected chi connectivity index (χ3v) is 5.20. The first-order valence-electron chi connectivity index (χ1n) is 5.33. The first-order chi connectivity index (χ1) is 8.66. The van der Waals surface area contributed by atoms with E-state index in [1.54, 1.807) is 13.8 Å². The SMILES string of the molecule is C#CC(C)(C)N(C)S(=O)(=O)c1ccc(C#N)c(Cl)c1. The molecule has 4 nitrogen and oxygen atoms in total. The second-order valence-electron chi connectivity index (χ2n) is 4.43. The molecule has 100 valence electrons. The predicted octanol–water partition coefficient (Wildman–Crippen LogP) is 2.24. The van der Waals surface area contributed by atoms with Gasteiger partial charge >= 0.3 is 0 Å². The lowest BCUT2D eigenvalue weighted by molar-refractivity contribution is 0.340. The molecule has 0 radical (unpaired) electrons. The van der Waals surface area contributed by atoms with Crippen molar-refractivity contribution in [3.8, 4) is 18.4 Å². The molecule has 0 aliphatic carbocycles. The van der Waals surface area contributed by atoms with Gasteiger partial charge in [-0.3, -0.25) is 0 Å². The third kappa shape index (κ3) is 2.90. The predicted molar refractivity (Wildman–Crippen MR) is 74.0 cm³/mol. The normalized spacial score (nSPS) is 11.9. The molecule has 6 heteroatoms. The van der Waals surface area contributed by atoms with E-state index in [-0.39, 0.29) is 15.5 Å². The van der Waals surface area contributed by atoms with Crippen LogP contribution in [0, 0.1) is 23.7 Å². The summed E-state index contributed by atoms with van der Waals surface area (Å²) in [5.41, 5.74) is -0.737. The Morgan fingerprint density at radius 1 is 1.42 bits per heavy atom. The fraction of sp³-hybridized carbons (Fsp3) is 0.308.